The van der Waals surface area contributed by atoms with E-state index >= 15 is 0 Å². The van der Waals surface area contributed by atoms with Gasteiger partial charge in [0.15, 0.2) is 0 Å². The van der Waals surface area contributed by atoms with Gasteiger partial charge in [-0.1, -0.05) is 0 Å². The fourth-order valence-electron chi connectivity index (χ4n) is 1.44. The number of carbonyl (C=O) groups excluding carboxylic acids is 1. The summed E-state index contributed by atoms with van der Waals surface area (Å²) in [5.41, 5.74) is 1.35. The zero-order valence-electron chi connectivity index (χ0n) is 9.44. The molecule has 3 aromatic rings. The van der Waals surface area contributed by atoms with Gasteiger partial charge in [-0.15, -0.1) is 20.4 Å². The van der Waals surface area contributed by atoms with Gasteiger partial charge in [-0.3, -0.25) is 4.79 Å². The summed E-state index contributed by atoms with van der Waals surface area (Å²) in [4.78, 5) is 11.7. The molecule has 94 valence electrons. The van der Waals surface area contributed by atoms with Crippen LogP contribution in [-0.4, -0.2) is 36.7 Å². The zero-order valence-corrected chi connectivity index (χ0v) is 9.44. The van der Waals surface area contributed by atoms with Crippen molar-refractivity contribution >= 4 is 11.6 Å². The van der Waals surface area contributed by atoms with Gasteiger partial charge in [0, 0.05) is 11.3 Å². The van der Waals surface area contributed by atoms with Gasteiger partial charge in [-0.05, 0) is 29.5 Å². The van der Waals surface area contributed by atoms with Crippen LogP contribution in [0.1, 0.15) is 10.6 Å². The van der Waals surface area contributed by atoms with Crippen LogP contribution in [0, 0.1) is 0 Å². The lowest BCUT2D eigenvalue weighted by atomic mass is 10.2. The van der Waals surface area contributed by atoms with Crippen molar-refractivity contribution in [3.63, 3.8) is 0 Å². The van der Waals surface area contributed by atoms with Crippen molar-refractivity contribution in [2.24, 2.45) is 0 Å². The number of nitrogens with one attached hydrogen (secondary N) is 2. The minimum absolute atomic E-state index is 0.0269. The van der Waals surface area contributed by atoms with E-state index in [9.17, 15) is 4.79 Å². The molecule has 0 aliphatic heterocycles. The maximum absolute atomic E-state index is 11.7. The molecule has 2 heterocycles. The number of benzene rings is 1. The highest BCUT2D eigenvalue weighted by Crippen LogP contribution is 2.18. The first-order valence-electron chi connectivity index (χ1n) is 5.24. The Morgan fingerprint density at radius 2 is 2.05 bits per heavy atom. The van der Waals surface area contributed by atoms with E-state index in [4.69, 9.17) is 4.42 Å². The molecule has 1 aromatic carbocycles. The summed E-state index contributed by atoms with van der Waals surface area (Å²) in [6, 6.07) is 6.91. The Bertz CT molecular complexity index is 660. The first kappa shape index (κ1) is 11.0. The SMILES string of the molecule is O=C(Nc1ccc(-c2nnco2)cc1)c1nn[nH]n1. The molecule has 0 spiro atoms. The Hall–Kier alpha value is -3.10. The van der Waals surface area contributed by atoms with Crippen LogP contribution < -0.4 is 5.32 Å². The molecule has 9 nitrogen and oxygen atoms in total. The largest absolute Gasteiger partial charge is 0.423 e. The summed E-state index contributed by atoms with van der Waals surface area (Å²) in [7, 11) is 0. The highest BCUT2D eigenvalue weighted by Gasteiger charge is 2.11. The van der Waals surface area contributed by atoms with Crippen LogP contribution in [0.2, 0.25) is 0 Å². The second-order valence-electron chi connectivity index (χ2n) is 3.51. The predicted octanol–water partition coefficient (Wildman–Crippen LogP) is 0.502. The predicted molar refractivity (Wildman–Crippen MR) is 61.9 cm³/mol. The standard InChI is InChI=1S/C10H7N7O2/c18-9(8-13-16-17-14-8)12-7-3-1-6(2-4-7)10-15-11-5-19-10/h1-5H,(H,12,18)(H,13,14,16,17). The number of hydrogen-bond donors (Lipinski definition) is 2. The third kappa shape index (κ3) is 2.29. The molecule has 1 amide bonds. The molecule has 3 rings (SSSR count). The van der Waals surface area contributed by atoms with E-state index in [0.29, 0.717) is 11.6 Å². The summed E-state index contributed by atoms with van der Waals surface area (Å²) in [5, 5.41) is 22.7. The number of H-pyrrole nitrogens is 1. The fourth-order valence-corrected chi connectivity index (χ4v) is 1.44. The Balaban J connectivity index is 1.75. The van der Waals surface area contributed by atoms with E-state index in [-0.39, 0.29) is 5.82 Å². The number of rotatable bonds is 3. The van der Waals surface area contributed by atoms with E-state index < -0.39 is 5.91 Å². The van der Waals surface area contributed by atoms with Gasteiger partial charge in [0.25, 0.3) is 11.7 Å². The molecule has 0 saturated carbocycles. The minimum atomic E-state index is -0.445. The minimum Gasteiger partial charge on any atom is -0.423 e. The van der Waals surface area contributed by atoms with E-state index in [1.54, 1.807) is 24.3 Å². The van der Waals surface area contributed by atoms with Gasteiger partial charge < -0.3 is 9.73 Å². The maximum atomic E-state index is 11.7. The van der Waals surface area contributed by atoms with Gasteiger partial charge in [-0.2, -0.15) is 5.21 Å². The third-order valence-electron chi connectivity index (χ3n) is 2.30. The summed E-state index contributed by atoms with van der Waals surface area (Å²) < 4.78 is 5.06. The number of anilines is 1. The third-order valence-corrected chi connectivity index (χ3v) is 2.30. The molecule has 0 saturated heterocycles. The van der Waals surface area contributed by atoms with Crippen molar-refractivity contribution in [2.45, 2.75) is 0 Å². The van der Waals surface area contributed by atoms with Crippen LogP contribution in [-0.2, 0) is 0 Å². The summed E-state index contributed by atoms with van der Waals surface area (Å²) >= 11 is 0. The van der Waals surface area contributed by atoms with Crippen LogP contribution >= 0.6 is 0 Å². The van der Waals surface area contributed by atoms with E-state index in [2.05, 4.69) is 36.1 Å². The van der Waals surface area contributed by atoms with Crippen LogP contribution in [0.3, 0.4) is 0 Å². The second-order valence-corrected chi connectivity index (χ2v) is 3.51. The Kier molecular flexibility index (Phi) is 2.69. The normalized spacial score (nSPS) is 10.3. The van der Waals surface area contributed by atoms with Crippen LogP contribution in [0.4, 0.5) is 5.69 Å². The van der Waals surface area contributed by atoms with E-state index in [1.165, 1.54) is 6.39 Å². The highest BCUT2D eigenvalue weighted by atomic mass is 16.4. The lowest BCUT2D eigenvalue weighted by Gasteiger charge is -2.02. The monoisotopic (exact) mass is 257 g/mol. The molecule has 0 unspecified atom stereocenters. The Morgan fingerprint density at radius 1 is 1.21 bits per heavy atom. The van der Waals surface area contributed by atoms with E-state index in [0.717, 1.165) is 5.56 Å². The molecule has 0 aliphatic rings. The van der Waals surface area contributed by atoms with Crippen molar-refractivity contribution in [1.29, 1.82) is 0 Å². The molecular weight excluding hydrogens is 250 g/mol. The van der Waals surface area contributed by atoms with E-state index in [1.807, 2.05) is 0 Å². The average Bonchev–Trinajstić information content (AvgIpc) is 3.13. The summed E-state index contributed by atoms with van der Waals surface area (Å²) in [6.45, 7) is 0. The topological polar surface area (TPSA) is 122 Å². The molecule has 0 fully saturated rings. The van der Waals surface area contributed by atoms with Crippen molar-refractivity contribution in [1.82, 2.24) is 30.8 Å². The van der Waals surface area contributed by atoms with Crippen molar-refractivity contribution in [3.8, 4) is 11.5 Å². The smallest absolute Gasteiger partial charge is 0.297 e. The molecule has 0 radical (unpaired) electrons. The number of hydrogen-bond acceptors (Lipinski definition) is 7. The number of tetrazole rings is 1. The maximum Gasteiger partial charge on any atom is 0.297 e. The molecule has 0 atom stereocenters. The van der Waals surface area contributed by atoms with Gasteiger partial charge >= 0.3 is 0 Å². The van der Waals surface area contributed by atoms with Crippen LogP contribution in [0.5, 0.6) is 0 Å². The Morgan fingerprint density at radius 3 is 2.68 bits per heavy atom. The lowest BCUT2D eigenvalue weighted by molar-refractivity contribution is 0.101. The quantitative estimate of drug-likeness (QED) is 0.700. The zero-order chi connectivity index (χ0) is 13.1. The number of amides is 1. The molecular formula is C10H7N7O2. The highest BCUT2D eigenvalue weighted by molar-refractivity contribution is 6.01. The molecule has 0 bridgehead atoms. The number of carbonyl (C=O) groups is 1. The molecule has 2 aromatic heterocycles. The molecule has 2 N–H and O–H groups in total. The van der Waals surface area contributed by atoms with Crippen LogP contribution in [0.15, 0.2) is 35.1 Å². The molecule has 9 heteroatoms. The summed E-state index contributed by atoms with van der Waals surface area (Å²) in [5.74, 6) is -0.0590. The van der Waals surface area contributed by atoms with Crippen molar-refractivity contribution < 1.29 is 9.21 Å². The Labute approximate surface area is 106 Å². The number of nitrogens with zero attached hydrogens (tertiary/aromatic N) is 5. The average molecular weight is 257 g/mol. The van der Waals surface area contributed by atoms with Gasteiger partial charge in [0.05, 0.1) is 0 Å². The first-order valence-corrected chi connectivity index (χ1v) is 5.24. The molecule has 0 aliphatic carbocycles. The van der Waals surface area contributed by atoms with Gasteiger partial charge in [-0.25, -0.2) is 0 Å². The number of aromatic amines is 1. The second kappa shape index (κ2) is 4.64. The molecule has 19 heavy (non-hydrogen) atoms. The van der Waals surface area contributed by atoms with Gasteiger partial charge in [0.2, 0.25) is 12.3 Å². The van der Waals surface area contributed by atoms with Crippen molar-refractivity contribution in [2.75, 3.05) is 5.32 Å². The lowest BCUT2D eigenvalue weighted by Crippen LogP contribution is -2.13. The first-order chi connectivity index (χ1) is 9.33. The van der Waals surface area contributed by atoms with Gasteiger partial charge in [0.1, 0.15) is 0 Å². The fraction of sp³-hybridized carbons (Fsp3) is 0. The number of aromatic nitrogens is 6. The van der Waals surface area contributed by atoms with Crippen LogP contribution in [0.25, 0.3) is 11.5 Å². The van der Waals surface area contributed by atoms with Crippen molar-refractivity contribution in [3.05, 3.63) is 36.5 Å². The summed E-state index contributed by atoms with van der Waals surface area (Å²) in [6.07, 6.45) is 1.25.